The van der Waals surface area contributed by atoms with Crippen molar-refractivity contribution < 1.29 is 17.9 Å². The predicted octanol–water partition coefficient (Wildman–Crippen LogP) is 4.38. The summed E-state index contributed by atoms with van der Waals surface area (Å²) in [6.07, 6.45) is 3.05. The predicted molar refractivity (Wildman–Crippen MR) is 117 cm³/mol. The van der Waals surface area contributed by atoms with Crippen molar-refractivity contribution in [3.63, 3.8) is 0 Å². The molecule has 0 saturated heterocycles. The second kappa shape index (κ2) is 8.79. The summed E-state index contributed by atoms with van der Waals surface area (Å²) >= 11 is 7.54. The maximum Gasteiger partial charge on any atom is 0.248 e. The van der Waals surface area contributed by atoms with E-state index < -0.39 is 15.9 Å². The molecule has 0 aliphatic carbocycles. The zero-order valence-corrected chi connectivity index (χ0v) is 17.6. The van der Waals surface area contributed by atoms with Crippen molar-refractivity contribution in [2.75, 3.05) is 12.4 Å². The minimum Gasteiger partial charge on any atom is -0.495 e. The maximum atomic E-state index is 12.2. The van der Waals surface area contributed by atoms with Crippen LogP contribution in [0, 0.1) is 0 Å². The standard InChI is InChI=1S/C20H17ClN2O4S2/c1-27-17-8-5-15(12-19(17)29(22,25)26)23-20(24)10-7-16-6-9-18(28-16)13-3-2-4-14(21)11-13/h2-12H,1H3,(H,23,24)(H2,22,25,26). The fraction of sp³-hybridized carbons (Fsp3) is 0.0500. The maximum absolute atomic E-state index is 12.2. The van der Waals surface area contributed by atoms with Gasteiger partial charge in [-0.05, 0) is 54.1 Å². The molecule has 1 amide bonds. The largest absolute Gasteiger partial charge is 0.495 e. The third-order valence-corrected chi connectivity index (χ3v) is 6.14. The minimum atomic E-state index is -3.99. The molecule has 9 heteroatoms. The summed E-state index contributed by atoms with van der Waals surface area (Å²) in [5.41, 5.74) is 1.29. The van der Waals surface area contributed by atoms with Crippen LogP contribution in [0.5, 0.6) is 5.75 Å². The number of sulfonamides is 1. The Morgan fingerprint density at radius 2 is 1.97 bits per heavy atom. The number of methoxy groups -OCH3 is 1. The Hall–Kier alpha value is -2.65. The Bertz CT molecular complexity index is 1190. The van der Waals surface area contributed by atoms with Gasteiger partial charge in [-0.1, -0.05) is 23.7 Å². The molecule has 3 aromatic rings. The molecule has 0 unspecified atom stereocenters. The average Bonchev–Trinajstić information content (AvgIpc) is 3.15. The molecule has 0 radical (unpaired) electrons. The van der Waals surface area contributed by atoms with Crippen molar-refractivity contribution in [1.82, 2.24) is 0 Å². The summed E-state index contributed by atoms with van der Waals surface area (Å²) in [4.78, 5) is 13.9. The van der Waals surface area contributed by atoms with Gasteiger partial charge in [-0.15, -0.1) is 11.3 Å². The molecular weight excluding hydrogens is 432 g/mol. The number of primary sulfonamides is 1. The Morgan fingerprint density at radius 3 is 2.66 bits per heavy atom. The van der Waals surface area contributed by atoms with Crippen molar-refractivity contribution in [1.29, 1.82) is 0 Å². The first-order valence-corrected chi connectivity index (χ1v) is 11.1. The Balaban J connectivity index is 1.72. The van der Waals surface area contributed by atoms with E-state index in [-0.39, 0.29) is 16.3 Å². The summed E-state index contributed by atoms with van der Waals surface area (Å²) in [5, 5.41) is 8.45. The molecule has 0 fully saturated rings. The lowest BCUT2D eigenvalue weighted by molar-refractivity contribution is -0.111. The lowest BCUT2D eigenvalue weighted by Crippen LogP contribution is -2.15. The van der Waals surface area contributed by atoms with E-state index in [0.29, 0.717) is 5.02 Å². The second-order valence-corrected chi connectivity index (χ2v) is 9.03. The molecule has 0 atom stereocenters. The lowest BCUT2D eigenvalue weighted by Gasteiger charge is -2.09. The van der Waals surface area contributed by atoms with Gasteiger partial charge in [0.1, 0.15) is 10.6 Å². The Labute approximate surface area is 177 Å². The number of carbonyl (C=O) groups is 1. The van der Waals surface area contributed by atoms with Crippen LogP contribution in [0.1, 0.15) is 4.88 Å². The number of thiophene rings is 1. The van der Waals surface area contributed by atoms with Crippen molar-refractivity contribution in [2.45, 2.75) is 4.90 Å². The number of benzene rings is 2. The van der Waals surface area contributed by atoms with Crippen LogP contribution in [-0.4, -0.2) is 21.4 Å². The van der Waals surface area contributed by atoms with E-state index in [1.54, 1.807) is 6.08 Å². The molecule has 3 rings (SSSR count). The first-order chi connectivity index (χ1) is 13.8. The Morgan fingerprint density at radius 1 is 1.17 bits per heavy atom. The van der Waals surface area contributed by atoms with Crippen LogP contribution in [0.2, 0.25) is 5.02 Å². The van der Waals surface area contributed by atoms with Gasteiger partial charge >= 0.3 is 0 Å². The third-order valence-electron chi connectivity index (χ3n) is 3.87. The molecule has 1 aromatic heterocycles. The number of hydrogen-bond acceptors (Lipinski definition) is 5. The van der Waals surface area contributed by atoms with Crippen LogP contribution < -0.4 is 15.2 Å². The van der Waals surface area contributed by atoms with Gasteiger partial charge in [0, 0.05) is 26.5 Å². The van der Waals surface area contributed by atoms with Crippen molar-refractivity contribution >= 4 is 50.6 Å². The lowest BCUT2D eigenvalue weighted by atomic mass is 10.2. The summed E-state index contributed by atoms with van der Waals surface area (Å²) in [5.74, 6) is -0.304. The molecule has 29 heavy (non-hydrogen) atoms. The molecule has 0 saturated carbocycles. The fourth-order valence-electron chi connectivity index (χ4n) is 2.56. The van der Waals surface area contributed by atoms with Crippen LogP contribution in [-0.2, 0) is 14.8 Å². The van der Waals surface area contributed by atoms with E-state index in [1.807, 2.05) is 36.4 Å². The molecule has 0 aliphatic heterocycles. The van der Waals surface area contributed by atoms with Crippen LogP contribution >= 0.6 is 22.9 Å². The van der Waals surface area contributed by atoms with Gasteiger partial charge in [0.2, 0.25) is 15.9 Å². The molecule has 3 N–H and O–H groups in total. The highest BCUT2D eigenvalue weighted by atomic mass is 35.5. The normalized spacial score (nSPS) is 11.6. The first kappa shape index (κ1) is 21.1. The Kier molecular flexibility index (Phi) is 6.39. The van der Waals surface area contributed by atoms with E-state index in [9.17, 15) is 13.2 Å². The second-order valence-electron chi connectivity index (χ2n) is 5.95. The highest BCUT2D eigenvalue weighted by Crippen LogP contribution is 2.30. The molecule has 150 valence electrons. The zero-order chi connectivity index (χ0) is 21.0. The number of anilines is 1. The van der Waals surface area contributed by atoms with Gasteiger partial charge in [0.15, 0.2) is 0 Å². The highest BCUT2D eigenvalue weighted by Gasteiger charge is 2.16. The van der Waals surface area contributed by atoms with E-state index >= 15 is 0 Å². The number of rotatable bonds is 6. The van der Waals surface area contributed by atoms with Gasteiger partial charge in [0.25, 0.3) is 0 Å². The first-order valence-electron chi connectivity index (χ1n) is 8.32. The van der Waals surface area contributed by atoms with Gasteiger partial charge in [-0.3, -0.25) is 4.79 Å². The number of halogens is 1. The number of carbonyl (C=O) groups excluding carboxylic acids is 1. The van der Waals surface area contributed by atoms with Crippen LogP contribution in [0.25, 0.3) is 16.5 Å². The van der Waals surface area contributed by atoms with Gasteiger partial charge in [-0.25, -0.2) is 13.6 Å². The quantitative estimate of drug-likeness (QED) is 0.547. The van der Waals surface area contributed by atoms with E-state index in [1.165, 1.54) is 42.7 Å². The molecule has 6 nitrogen and oxygen atoms in total. The summed E-state index contributed by atoms with van der Waals surface area (Å²) in [6, 6.07) is 15.6. The zero-order valence-electron chi connectivity index (χ0n) is 15.3. The average molecular weight is 449 g/mol. The van der Waals surface area contributed by atoms with Crippen LogP contribution in [0.4, 0.5) is 5.69 Å². The molecule has 1 heterocycles. The third kappa shape index (κ3) is 5.45. The number of nitrogens with two attached hydrogens (primary N) is 1. The van der Waals surface area contributed by atoms with E-state index in [0.717, 1.165) is 15.3 Å². The van der Waals surface area contributed by atoms with Crippen LogP contribution in [0.3, 0.4) is 0 Å². The topological polar surface area (TPSA) is 98.5 Å². The smallest absolute Gasteiger partial charge is 0.248 e. The monoisotopic (exact) mass is 448 g/mol. The minimum absolute atomic E-state index is 0.105. The molecule has 0 spiro atoms. The van der Waals surface area contributed by atoms with Crippen molar-refractivity contribution in [2.24, 2.45) is 5.14 Å². The molecule has 0 bridgehead atoms. The van der Waals surface area contributed by atoms with Crippen molar-refractivity contribution in [3.8, 4) is 16.2 Å². The van der Waals surface area contributed by atoms with Crippen molar-refractivity contribution in [3.05, 3.63) is 70.6 Å². The summed E-state index contributed by atoms with van der Waals surface area (Å²) in [6.45, 7) is 0. The van der Waals surface area contributed by atoms with E-state index in [2.05, 4.69) is 5.32 Å². The van der Waals surface area contributed by atoms with Gasteiger partial charge in [-0.2, -0.15) is 0 Å². The summed E-state index contributed by atoms with van der Waals surface area (Å²) in [7, 11) is -2.65. The molecule has 2 aromatic carbocycles. The number of ether oxygens (including phenoxy) is 1. The molecule has 0 aliphatic rings. The van der Waals surface area contributed by atoms with E-state index in [4.69, 9.17) is 21.5 Å². The number of amides is 1. The SMILES string of the molecule is COc1ccc(NC(=O)C=Cc2ccc(-c3cccc(Cl)c3)s2)cc1S(N)(=O)=O. The highest BCUT2D eigenvalue weighted by molar-refractivity contribution is 7.89. The van der Waals surface area contributed by atoms with Crippen LogP contribution in [0.15, 0.2) is 65.6 Å². The fourth-order valence-corrected chi connectivity index (χ4v) is 4.38. The number of hydrogen-bond donors (Lipinski definition) is 2. The summed E-state index contributed by atoms with van der Waals surface area (Å²) < 4.78 is 28.3. The number of nitrogens with one attached hydrogen (secondary N) is 1. The molecular formula is C20H17ClN2O4S2. The van der Waals surface area contributed by atoms with Gasteiger partial charge in [0.05, 0.1) is 7.11 Å². The van der Waals surface area contributed by atoms with Gasteiger partial charge < -0.3 is 10.1 Å².